The van der Waals surface area contributed by atoms with E-state index >= 15 is 0 Å². The van der Waals surface area contributed by atoms with E-state index in [-0.39, 0.29) is 11.9 Å². The van der Waals surface area contributed by atoms with Crippen LogP contribution in [0.1, 0.15) is 31.2 Å². The van der Waals surface area contributed by atoms with E-state index < -0.39 is 0 Å². The molecule has 1 fully saturated rings. The van der Waals surface area contributed by atoms with Crippen LogP contribution in [0.5, 0.6) is 0 Å². The van der Waals surface area contributed by atoms with Crippen molar-refractivity contribution in [3.63, 3.8) is 0 Å². The Bertz CT molecular complexity index is 1670. The number of benzene rings is 2. The number of aromatic nitrogens is 4. The fraction of sp³-hybridized carbons (Fsp3) is 0.290. The molecule has 1 aliphatic rings. The summed E-state index contributed by atoms with van der Waals surface area (Å²) in [6, 6.07) is 18.6. The van der Waals surface area contributed by atoms with E-state index in [0.717, 1.165) is 53.5 Å². The number of imidazole rings is 1. The van der Waals surface area contributed by atoms with Crippen LogP contribution in [-0.2, 0) is 4.79 Å². The van der Waals surface area contributed by atoms with E-state index in [4.69, 9.17) is 15.7 Å². The van der Waals surface area contributed by atoms with Gasteiger partial charge >= 0.3 is 0 Å². The number of hydrogen-bond donors (Lipinski definition) is 3. The highest BCUT2D eigenvalue weighted by molar-refractivity contribution is 7.97. The first-order valence-corrected chi connectivity index (χ1v) is 15.9. The fourth-order valence-corrected chi connectivity index (χ4v) is 6.87. The van der Waals surface area contributed by atoms with Crippen LogP contribution >= 0.6 is 23.3 Å². The average Bonchev–Trinajstić information content (AvgIpc) is 3.60. The average molecular weight is 599 g/mol. The van der Waals surface area contributed by atoms with Crippen LogP contribution in [0.25, 0.3) is 27.6 Å². The molecule has 0 saturated carbocycles. The van der Waals surface area contributed by atoms with Crippen molar-refractivity contribution in [2.45, 2.75) is 43.5 Å². The molecule has 1 atom stereocenters. The van der Waals surface area contributed by atoms with Crippen molar-refractivity contribution in [1.29, 1.82) is 0 Å². The maximum absolute atomic E-state index is 12.6. The number of nitrogens with one attached hydrogen (secondary N) is 2. The predicted octanol–water partition coefficient (Wildman–Crippen LogP) is 6.09. The van der Waals surface area contributed by atoms with Crippen molar-refractivity contribution in [2.24, 2.45) is 5.73 Å². The molecule has 1 saturated heterocycles. The first kappa shape index (κ1) is 28.4. The Hall–Kier alpha value is -3.77. The molecule has 4 N–H and O–H groups in total. The Labute approximate surface area is 253 Å². The molecule has 6 rings (SSSR count). The van der Waals surface area contributed by atoms with Gasteiger partial charge in [-0.15, -0.1) is 11.3 Å². The molecule has 5 aromatic rings. The zero-order valence-corrected chi connectivity index (χ0v) is 25.1. The van der Waals surface area contributed by atoms with Crippen molar-refractivity contribution in [3.8, 4) is 22.6 Å². The van der Waals surface area contributed by atoms with E-state index in [2.05, 4.69) is 55.5 Å². The van der Waals surface area contributed by atoms with Gasteiger partial charge in [-0.2, -0.15) is 0 Å². The molecule has 216 valence electrons. The van der Waals surface area contributed by atoms with Crippen LogP contribution in [0.3, 0.4) is 0 Å². The number of para-hydroxylation sites is 1. The number of fused-ring (bicyclic) bond motifs is 1. The lowest BCUT2D eigenvalue weighted by Crippen LogP contribution is -2.38. The smallest absolute Gasteiger partial charge is 0.224 e. The zero-order chi connectivity index (χ0) is 28.9. The lowest BCUT2D eigenvalue weighted by atomic mass is 10.1. The standard InChI is InChI=1S/C31H34N8OS2/c1-21-10-12-23(13-11-21)42-38-17-5-6-22(20-38)34-30-33-16-14-26(36-30)29-28(37-31-39(29)18-19-41-31)24-7-2-3-8-25(24)35-27(40)9-4-15-32/h2-3,7-8,10-14,16,18-19,22H,4-6,9,15,17,20,32H2,1H3,(H,35,40)(H,33,34,36)/t22-/m1/s1. The highest BCUT2D eigenvalue weighted by Crippen LogP contribution is 2.37. The minimum absolute atomic E-state index is 0.0638. The Kier molecular flexibility index (Phi) is 8.80. The second-order valence-corrected chi connectivity index (χ2v) is 12.4. The van der Waals surface area contributed by atoms with E-state index in [1.807, 2.05) is 41.9 Å². The molecule has 1 amide bonds. The molecule has 0 aliphatic carbocycles. The molecule has 1 aliphatic heterocycles. The molecule has 4 heterocycles. The van der Waals surface area contributed by atoms with Crippen molar-refractivity contribution in [1.82, 2.24) is 23.7 Å². The van der Waals surface area contributed by atoms with Gasteiger partial charge in [-0.3, -0.25) is 9.20 Å². The van der Waals surface area contributed by atoms with Gasteiger partial charge in [-0.25, -0.2) is 19.3 Å². The third-order valence-corrected chi connectivity index (χ3v) is 9.03. The Morgan fingerprint density at radius 3 is 2.86 bits per heavy atom. The van der Waals surface area contributed by atoms with Gasteiger partial charge in [0.25, 0.3) is 0 Å². The van der Waals surface area contributed by atoms with Crippen molar-refractivity contribution in [3.05, 3.63) is 77.9 Å². The van der Waals surface area contributed by atoms with Crippen molar-refractivity contribution < 1.29 is 4.79 Å². The van der Waals surface area contributed by atoms with Gasteiger partial charge in [-0.05, 0) is 68.9 Å². The molecular formula is C31H34N8OS2. The number of carbonyl (C=O) groups excluding carboxylic acids is 1. The first-order chi connectivity index (χ1) is 20.6. The summed E-state index contributed by atoms with van der Waals surface area (Å²) >= 11 is 3.37. The number of nitrogens with zero attached hydrogens (tertiary/aromatic N) is 5. The Morgan fingerprint density at radius 2 is 2.00 bits per heavy atom. The molecule has 11 heteroatoms. The summed E-state index contributed by atoms with van der Waals surface area (Å²) in [6.07, 6.45) is 6.97. The number of hydrogen-bond acceptors (Lipinski definition) is 9. The summed E-state index contributed by atoms with van der Waals surface area (Å²) in [6.45, 7) is 4.54. The molecule has 9 nitrogen and oxygen atoms in total. The van der Waals surface area contributed by atoms with Crippen LogP contribution in [0.2, 0.25) is 0 Å². The normalized spacial score (nSPS) is 15.6. The van der Waals surface area contributed by atoms with Gasteiger partial charge in [-0.1, -0.05) is 35.9 Å². The van der Waals surface area contributed by atoms with Crippen molar-refractivity contribution >= 4 is 45.8 Å². The fourth-order valence-electron chi connectivity index (χ4n) is 5.13. The quantitative estimate of drug-likeness (QED) is 0.166. The van der Waals surface area contributed by atoms with E-state index in [9.17, 15) is 4.79 Å². The number of amides is 1. The molecule has 42 heavy (non-hydrogen) atoms. The Morgan fingerprint density at radius 1 is 1.14 bits per heavy atom. The van der Waals surface area contributed by atoms with Crippen LogP contribution in [-0.4, -0.2) is 55.2 Å². The number of thiazole rings is 1. The first-order valence-electron chi connectivity index (χ1n) is 14.2. The van der Waals surface area contributed by atoms with Gasteiger partial charge in [0.1, 0.15) is 11.4 Å². The van der Waals surface area contributed by atoms with Gasteiger partial charge in [0, 0.05) is 53.8 Å². The summed E-state index contributed by atoms with van der Waals surface area (Å²) in [5.74, 6) is 0.533. The largest absolute Gasteiger partial charge is 0.350 e. The van der Waals surface area contributed by atoms with E-state index in [1.54, 1.807) is 29.5 Å². The van der Waals surface area contributed by atoms with Gasteiger partial charge in [0.15, 0.2) is 4.96 Å². The Balaban J connectivity index is 1.25. The van der Waals surface area contributed by atoms with Gasteiger partial charge < -0.3 is 16.4 Å². The predicted molar refractivity (Wildman–Crippen MR) is 172 cm³/mol. The van der Waals surface area contributed by atoms with E-state index in [0.29, 0.717) is 31.0 Å². The molecule has 0 spiro atoms. The third-order valence-electron chi connectivity index (χ3n) is 7.20. The zero-order valence-electron chi connectivity index (χ0n) is 23.5. The number of aryl methyl sites for hydroxylation is 1. The lowest BCUT2D eigenvalue weighted by Gasteiger charge is -2.32. The summed E-state index contributed by atoms with van der Waals surface area (Å²) in [7, 11) is 0. The second kappa shape index (κ2) is 13.0. The second-order valence-electron chi connectivity index (χ2n) is 10.4. The number of carbonyl (C=O) groups is 1. The van der Waals surface area contributed by atoms with E-state index in [1.165, 1.54) is 10.5 Å². The molecule has 0 unspecified atom stereocenters. The van der Waals surface area contributed by atoms with Gasteiger partial charge in [0.2, 0.25) is 11.9 Å². The van der Waals surface area contributed by atoms with Crippen molar-refractivity contribution in [2.75, 3.05) is 30.3 Å². The number of nitrogens with two attached hydrogens (primary N) is 1. The van der Waals surface area contributed by atoms with Crippen LogP contribution in [0.15, 0.2) is 77.3 Å². The van der Waals surface area contributed by atoms with Gasteiger partial charge in [0.05, 0.1) is 11.4 Å². The summed E-state index contributed by atoms with van der Waals surface area (Å²) in [5, 5.41) is 8.66. The maximum Gasteiger partial charge on any atom is 0.224 e. The number of piperidine rings is 1. The van der Waals surface area contributed by atoms with Crippen LogP contribution < -0.4 is 16.4 Å². The van der Waals surface area contributed by atoms with Crippen LogP contribution in [0, 0.1) is 6.92 Å². The molecule has 0 radical (unpaired) electrons. The SMILES string of the molecule is Cc1ccc(SN2CCC[C@@H](Nc3nccc(-c4c(-c5ccccc5NC(=O)CCCN)nc5sccn45)n3)C2)cc1. The number of rotatable bonds is 10. The number of anilines is 2. The third kappa shape index (κ3) is 6.49. The van der Waals surface area contributed by atoms with Crippen LogP contribution in [0.4, 0.5) is 11.6 Å². The molecule has 0 bridgehead atoms. The summed E-state index contributed by atoms with van der Waals surface area (Å²) in [5.41, 5.74) is 10.8. The molecule has 3 aromatic heterocycles. The highest BCUT2D eigenvalue weighted by Gasteiger charge is 2.24. The highest BCUT2D eigenvalue weighted by atomic mass is 32.2. The molecule has 2 aromatic carbocycles. The maximum atomic E-state index is 12.6. The summed E-state index contributed by atoms with van der Waals surface area (Å²) in [4.78, 5) is 29.2. The monoisotopic (exact) mass is 598 g/mol. The summed E-state index contributed by atoms with van der Waals surface area (Å²) < 4.78 is 4.47. The molecular weight excluding hydrogens is 565 g/mol. The minimum atomic E-state index is -0.0638. The lowest BCUT2D eigenvalue weighted by molar-refractivity contribution is -0.116. The topological polar surface area (TPSA) is 113 Å². The minimum Gasteiger partial charge on any atom is -0.350 e.